The minimum absolute atomic E-state index is 0.00468. The molecule has 0 aliphatic carbocycles. The first kappa shape index (κ1) is 13.2. The van der Waals surface area contributed by atoms with Crippen molar-refractivity contribution in [2.24, 2.45) is 0 Å². The summed E-state index contributed by atoms with van der Waals surface area (Å²) < 4.78 is 43.3. The van der Waals surface area contributed by atoms with Crippen molar-refractivity contribution in [1.82, 2.24) is 5.32 Å². The first-order chi connectivity index (χ1) is 8.50. The second-order valence-electron chi connectivity index (χ2n) is 4.50. The number of ether oxygens (including phenoxy) is 1. The zero-order valence-corrected chi connectivity index (χ0v) is 10.2. The Kier molecular flexibility index (Phi) is 3.80. The monoisotopic (exact) mass is 259 g/mol. The van der Waals surface area contributed by atoms with Gasteiger partial charge in [0.05, 0.1) is 12.7 Å². The number of methoxy groups -OCH3 is 1. The highest BCUT2D eigenvalue weighted by atomic mass is 19.4. The number of alkyl halides is 3. The quantitative estimate of drug-likeness (QED) is 0.877. The van der Waals surface area contributed by atoms with Gasteiger partial charge in [-0.25, -0.2) is 0 Å². The highest BCUT2D eigenvalue weighted by Gasteiger charge is 2.32. The molecule has 1 saturated heterocycles. The maximum atomic E-state index is 12.8. The Morgan fingerprint density at radius 2 is 2.00 bits per heavy atom. The molecule has 1 aromatic rings. The lowest BCUT2D eigenvalue weighted by Crippen LogP contribution is -2.27. The Bertz CT molecular complexity index is 411. The Morgan fingerprint density at radius 3 is 2.56 bits per heavy atom. The molecule has 1 aliphatic rings. The van der Waals surface area contributed by atoms with E-state index in [2.05, 4.69) is 5.32 Å². The van der Waals surface area contributed by atoms with Gasteiger partial charge in [-0.05, 0) is 43.1 Å². The largest absolute Gasteiger partial charge is 0.497 e. The first-order valence-corrected chi connectivity index (χ1v) is 6.00. The van der Waals surface area contributed by atoms with Crippen LogP contribution in [-0.2, 0) is 6.18 Å². The van der Waals surface area contributed by atoms with Gasteiger partial charge in [0, 0.05) is 6.04 Å². The maximum Gasteiger partial charge on any atom is 0.416 e. The molecule has 0 spiro atoms. The van der Waals surface area contributed by atoms with E-state index in [1.165, 1.54) is 13.2 Å². The summed E-state index contributed by atoms with van der Waals surface area (Å²) in [5.74, 6) is 0.257. The van der Waals surface area contributed by atoms with E-state index in [4.69, 9.17) is 4.74 Å². The van der Waals surface area contributed by atoms with Crippen molar-refractivity contribution in [3.05, 3.63) is 29.3 Å². The third-order valence-electron chi connectivity index (χ3n) is 3.20. The summed E-state index contributed by atoms with van der Waals surface area (Å²) in [6, 6.07) is 3.92. The van der Waals surface area contributed by atoms with E-state index in [0.717, 1.165) is 31.9 Å². The Morgan fingerprint density at radius 1 is 1.22 bits per heavy atom. The fraction of sp³-hybridized carbons (Fsp3) is 0.538. The highest BCUT2D eigenvalue weighted by Crippen LogP contribution is 2.35. The molecule has 0 saturated carbocycles. The molecule has 18 heavy (non-hydrogen) atoms. The molecule has 1 unspecified atom stereocenters. The van der Waals surface area contributed by atoms with Crippen LogP contribution in [0.4, 0.5) is 13.2 Å². The van der Waals surface area contributed by atoms with Crippen molar-refractivity contribution in [2.45, 2.75) is 31.5 Å². The van der Waals surface area contributed by atoms with Crippen LogP contribution in [0.2, 0.25) is 0 Å². The van der Waals surface area contributed by atoms with E-state index in [1.54, 1.807) is 6.07 Å². The van der Waals surface area contributed by atoms with Crippen LogP contribution in [0.3, 0.4) is 0 Å². The van der Waals surface area contributed by atoms with Crippen LogP contribution < -0.4 is 10.1 Å². The standard InChI is InChI=1S/C13H16F3NO/c1-18-11-7-9(12-4-2-3-5-17-12)6-10(8-11)13(14,15)16/h6-8,12,17H,2-5H2,1H3. The van der Waals surface area contributed by atoms with Crippen molar-refractivity contribution in [2.75, 3.05) is 13.7 Å². The number of nitrogens with one attached hydrogen (secondary N) is 1. The third kappa shape index (κ3) is 2.96. The van der Waals surface area contributed by atoms with Gasteiger partial charge in [-0.2, -0.15) is 13.2 Å². The van der Waals surface area contributed by atoms with Gasteiger partial charge < -0.3 is 10.1 Å². The maximum absolute atomic E-state index is 12.8. The van der Waals surface area contributed by atoms with Gasteiger partial charge in [0.1, 0.15) is 5.75 Å². The number of hydrogen-bond acceptors (Lipinski definition) is 2. The first-order valence-electron chi connectivity index (χ1n) is 6.00. The number of benzene rings is 1. The second-order valence-corrected chi connectivity index (χ2v) is 4.50. The molecular formula is C13H16F3NO. The van der Waals surface area contributed by atoms with Crippen molar-refractivity contribution in [3.8, 4) is 5.75 Å². The Labute approximate surface area is 104 Å². The summed E-state index contributed by atoms with van der Waals surface area (Å²) in [6.07, 6.45) is -1.36. The minimum atomic E-state index is -4.34. The van der Waals surface area contributed by atoms with Crippen molar-refractivity contribution in [1.29, 1.82) is 0 Å². The predicted molar refractivity (Wildman–Crippen MR) is 62.6 cm³/mol. The summed E-state index contributed by atoms with van der Waals surface area (Å²) in [7, 11) is 1.38. The van der Waals surface area contributed by atoms with Crippen LogP contribution >= 0.6 is 0 Å². The Hall–Kier alpha value is -1.23. The van der Waals surface area contributed by atoms with Crippen LogP contribution in [0.1, 0.15) is 36.4 Å². The van der Waals surface area contributed by atoms with Gasteiger partial charge in [0.2, 0.25) is 0 Å². The summed E-state index contributed by atoms with van der Waals surface area (Å²) in [5.41, 5.74) is 0.00518. The lowest BCUT2D eigenvalue weighted by Gasteiger charge is -2.25. The third-order valence-corrected chi connectivity index (χ3v) is 3.20. The van der Waals surface area contributed by atoms with Gasteiger partial charge in [0.15, 0.2) is 0 Å². The van der Waals surface area contributed by atoms with Crippen LogP contribution in [-0.4, -0.2) is 13.7 Å². The molecule has 0 aromatic heterocycles. The molecule has 100 valence electrons. The zero-order valence-electron chi connectivity index (χ0n) is 10.2. The molecule has 1 heterocycles. The molecule has 0 bridgehead atoms. The van der Waals surface area contributed by atoms with Crippen molar-refractivity contribution in [3.63, 3.8) is 0 Å². The fourth-order valence-corrected chi connectivity index (χ4v) is 2.24. The van der Waals surface area contributed by atoms with Crippen molar-refractivity contribution < 1.29 is 17.9 Å². The Balaban J connectivity index is 2.34. The molecule has 5 heteroatoms. The molecule has 1 aliphatic heterocycles. The van der Waals surface area contributed by atoms with E-state index in [9.17, 15) is 13.2 Å². The summed E-state index contributed by atoms with van der Waals surface area (Å²) in [5, 5.41) is 3.24. The van der Waals surface area contributed by atoms with Crippen LogP contribution in [0.25, 0.3) is 0 Å². The molecule has 2 nitrogen and oxygen atoms in total. The number of rotatable bonds is 2. The smallest absolute Gasteiger partial charge is 0.416 e. The van der Waals surface area contributed by atoms with Crippen LogP contribution in [0.15, 0.2) is 18.2 Å². The topological polar surface area (TPSA) is 21.3 Å². The van der Waals surface area contributed by atoms with Crippen LogP contribution in [0.5, 0.6) is 5.75 Å². The lowest BCUT2D eigenvalue weighted by atomic mass is 9.96. The number of piperidine rings is 1. The number of hydrogen-bond donors (Lipinski definition) is 1. The van der Waals surface area contributed by atoms with Gasteiger partial charge in [-0.3, -0.25) is 0 Å². The van der Waals surface area contributed by atoms with Gasteiger partial charge in [-0.15, -0.1) is 0 Å². The fourth-order valence-electron chi connectivity index (χ4n) is 2.24. The average molecular weight is 259 g/mol. The minimum Gasteiger partial charge on any atom is -0.497 e. The second kappa shape index (κ2) is 5.18. The van der Waals surface area contributed by atoms with Crippen LogP contribution in [0, 0.1) is 0 Å². The predicted octanol–water partition coefficient (Wildman–Crippen LogP) is 3.53. The summed E-state index contributed by atoms with van der Waals surface area (Å²) in [4.78, 5) is 0. The lowest BCUT2D eigenvalue weighted by molar-refractivity contribution is -0.137. The van der Waals surface area contributed by atoms with Gasteiger partial charge in [-0.1, -0.05) is 6.42 Å². The molecule has 0 radical (unpaired) electrons. The number of halogens is 3. The van der Waals surface area contributed by atoms with E-state index < -0.39 is 11.7 Å². The molecule has 1 N–H and O–H groups in total. The van der Waals surface area contributed by atoms with Gasteiger partial charge in [0.25, 0.3) is 0 Å². The molecule has 2 rings (SSSR count). The summed E-state index contributed by atoms with van der Waals surface area (Å²) in [6.45, 7) is 0.850. The molecule has 1 fully saturated rings. The molecule has 1 aromatic carbocycles. The highest BCUT2D eigenvalue weighted by molar-refractivity contribution is 5.37. The van der Waals surface area contributed by atoms with E-state index in [-0.39, 0.29) is 11.8 Å². The summed E-state index contributed by atoms with van der Waals surface area (Å²) >= 11 is 0. The molecular weight excluding hydrogens is 243 g/mol. The molecule has 1 atom stereocenters. The van der Waals surface area contributed by atoms with E-state index in [0.29, 0.717) is 5.56 Å². The van der Waals surface area contributed by atoms with Crippen molar-refractivity contribution >= 4 is 0 Å². The van der Waals surface area contributed by atoms with E-state index >= 15 is 0 Å². The SMILES string of the molecule is COc1cc(C2CCCCN2)cc(C(F)(F)F)c1. The normalized spacial score (nSPS) is 20.8. The van der Waals surface area contributed by atoms with E-state index in [1.807, 2.05) is 0 Å². The average Bonchev–Trinajstić information content (AvgIpc) is 2.38. The van der Waals surface area contributed by atoms with Gasteiger partial charge >= 0.3 is 6.18 Å². The zero-order chi connectivity index (χ0) is 13.2. The molecule has 0 amide bonds.